The number of aliphatic hydroxyl groups is 1. The Hall–Kier alpha value is -0.940. The summed E-state index contributed by atoms with van der Waals surface area (Å²) in [6.45, 7) is -0.109. The number of H-pyrrole nitrogens is 1. The molecule has 0 aliphatic heterocycles. The van der Waals surface area contributed by atoms with Gasteiger partial charge in [0.25, 0.3) is 0 Å². The maximum atomic E-state index is 8.73. The summed E-state index contributed by atoms with van der Waals surface area (Å²) >= 11 is 0. The van der Waals surface area contributed by atoms with Gasteiger partial charge in [-0.25, -0.2) is 4.98 Å². The molecule has 1 aliphatic carbocycles. The molecule has 5 heteroatoms. The summed E-state index contributed by atoms with van der Waals surface area (Å²) in [5.74, 6) is 1.98. The van der Waals surface area contributed by atoms with Crippen molar-refractivity contribution in [3.63, 3.8) is 0 Å². The summed E-state index contributed by atoms with van der Waals surface area (Å²) in [6.07, 6.45) is 2.37. The molecule has 0 spiro atoms. The second-order valence-electron chi connectivity index (χ2n) is 3.14. The fourth-order valence-electron chi connectivity index (χ4n) is 1.07. The van der Waals surface area contributed by atoms with Crippen molar-refractivity contribution in [1.82, 2.24) is 15.2 Å². The molecular formula is C7H12N4O. The number of nitrogens with two attached hydrogens (primary N) is 1. The predicted octanol–water partition coefficient (Wildman–Crippen LogP) is -0.326. The van der Waals surface area contributed by atoms with Crippen molar-refractivity contribution in [2.24, 2.45) is 5.73 Å². The molecule has 12 heavy (non-hydrogen) atoms. The number of hydrogen-bond donors (Lipinski definition) is 3. The lowest BCUT2D eigenvalue weighted by Crippen LogP contribution is -2.16. The Bertz CT molecular complexity index is 268. The van der Waals surface area contributed by atoms with E-state index in [0.29, 0.717) is 11.7 Å². The molecule has 1 heterocycles. The van der Waals surface area contributed by atoms with Gasteiger partial charge in [-0.2, -0.15) is 5.10 Å². The summed E-state index contributed by atoms with van der Waals surface area (Å²) in [6, 6.07) is -0.450. The monoisotopic (exact) mass is 168 g/mol. The van der Waals surface area contributed by atoms with E-state index in [0.717, 1.165) is 5.82 Å². The zero-order valence-electron chi connectivity index (χ0n) is 6.70. The third kappa shape index (κ3) is 1.33. The number of rotatable bonds is 3. The van der Waals surface area contributed by atoms with Gasteiger partial charge >= 0.3 is 0 Å². The minimum atomic E-state index is -0.450. The average molecular weight is 168 g/mol. The Morgan fingerprint density at radius 3 is 3.00 bits per heavy atom. The molecule has 1 unspecified atom stereocenters. The van der Waals surface area contributed by atoms with Gasteiger partial charge in [0, 0.05) is 5.92 Å². The maximum Gasteiger partial charge on any atom is 0.169 e. The van der Waals surface area contributed by atoms with E-state index in [9.17, 15) is 0 Å². The molecule has 1 aliphatic rings. The van der Waals surface area contributed by atoms with Crippen molar-refractivity contribution in [1.29, 1.82) is 0 Å². The maximum absolute atomic E-state index is 8.73. The van der Waals surface area contributed by atoms with Crippen LogP contribution in [0, 0.1) is 0 Å². The van der Waals surface area contributed by atoms with Gasteiger partial charge in [0.2, 0.25) is 0 Å². The van der Waals surface area contributed by atoms with Crippen LogP contribution in [0.1, 0.15) is 36.5 Å². The van der Waals surface area contributed by atoms with Crippen LogP contribution in [0.3, 0.4) is 0 Å². The van der Waals surface area contributed by atoms with Crippen molar-refractivity contribution < 1.29 is 5.11 Å². The quantitative estimate of drug-likeness (QED) is 0.577. The van der Waals surface area contributed by atoms with Gasteiger partial charge in [-0.3, -0.25) is 5.10 Å². The van der Waals surface area contributed by atoms with Crippen LogP contribution in [0.25, 0.3) is 0 Å². The molecule has 5 nitrogen and oxygen atoms in total. The first-order valence-electron chi connectivity index (χ1n) is 4.10. The predicted molar refractivity (Wildman–Crippen MR) is 42.4 cm³/mol. The third-order valence-corrected chi connectivity index (χ3v) is 2.01. The first-order chi connectivity index (χ1) is 5.81. The van der Waals surface area contributed by atoms with Crippen LogP contribution < -0.4 is 5.73 Å². The lowest BCUT2D eigenvalue weighted by molar-refractivity contribution is 0.263. The number of nitrogens with zero attached hydrogens (tertiary/aromatic N) is 2. The number of nitrogens with one attached hydrogen (secondary N) is 1. The fraction of sp³-hybridized carbons (Fsp3) is 0.714. The number of aromatic amines is 1. The van der Waals surface area contributed by atoms with Crippen molar-refractivity contribution in [3.05, 3.63) is 11.6 Å². The molecule has 0 bridgehead atoms. The SMILES string of the molecule is NC(CO)c1n[nH]c(C2CC2)n1. The molecule has 1 atom stereocenters. The van der Waals surface area contributed by atoms with E-state index in [1.807, 2.05) is 0 Å². The fourth-order valence-corrected chi connectivity index (χ4v) is 1.07. The first-order valence-corrected chi connectivity index (χ1v) is 4.10. The Balaban J connectivity index is 2.12. The summed E-state index contributed by atoms with van der Waals surface area (Å²) < 4.78 is 0. The Kier molecular flexibility index (Phi) is 1.82. The molecule has 0 saturated heterocycles. The minimum Gasteiger partial charge on any atom is -0.394 e. The normalized spacial score (nSPS) is 19.5. The van der Waals surface area contributed by atoms with E-state index in [1.165, 1.54) is 12.8 Å². The van der Waals surface area contributed by atoms with Gasteiger partial charge in [0.05, 0.1) is 12.6 Å². The van der Waals surface area contributed by atoms with Crippen molar-refractivity contribution in [3.8, 4) is 0 Å². The minimum absolute atomic E-state index is 0.109. The van der Waals surface area contributed by atoms with Gasteiger partial charge < -0.3 is 10.8 Å². The van der Waals surface area contributed by atoms with E-state index < -0.39 is 6.04 Å². The Morgan fingerprint density at radius 2 is 2.42 bits per heavy atom. The van der Waals surface area contributed by atoms with E-state index in [4.69, 9.17) is 10.8 Å². The lowest BCUT2D eigenvalue weighted by Gasteiger charge is -1.99. The third-order valence-electron chi connectivity index (χ3n) is 2.01. The summed E-state index contributed by atoms with van der Waals surface area (Å²) in [7, 11) is 0. The van der Waals surface area contributed by atoms with Gasteiger partial charge in [-0.1, -0.05) is 0 Å². The highest BCUT2D eigenvalue weighted by Gasteiger charge is 2.27. The van der Waals surface area contributed by atoms with E-state index in [2.05, 4.69) is 15.2 Å². The molecule has 0 radical (unpaired) electrons. The molecule has 1 saturated carbocycles. The smallest absolute Gasteiger partial charge is 0.169 e. The molecule has 0 amide bonds. The molecule has 66 valence electrons. The van der Waals surface area contributed by atoms with Crippen LogP contribution in [0.4, 0.5) is 0 Å². The number of aliphatic hydroxyl groups excluding tert-OH is 1. The largest absolute Gasteiger partial charge is 0.394 e. The average Bonchev–Trinajstić information content (AvgIpc) is 2.83. The Morgan fingerprint density at radius 1 is 1.67 bits per heavy atom. The highest BCUT2D eigenvalue weighted by atomic mass is 16.3. The number of hydrogen-bond acceptors (Lipinski definition) is 4. The van der Waals surface area contributed by atoms with Crippen LogP contribution in [0.15, 0.2) is 0 Å². The van der Waals surface area contributed by atoms with E-state index in [-0.39, 0.29) is 6.61 Å². The Labute approximate surface area is 70.0 Å². The van der Waals surface area contributed by atoms with Crippen LogP contribution in [-0.2, 0) is 0 Å². The molecule has 4 N–H and O–H groups in total. The highest BCUT2D eigenvalue weighted by molar-refractivity contribution is 5.06. The topological polar surface area (TPSA) is 87.8 Å². The van der Waals surface area contributed by atoms with Crippen LogP contribution >= 0.6 is 0 Å². The molecule has 0 aromatic carbocycles. The molecular weight excluding hydrogens is 156 g/mol. The van der Waals surface area contributed by atoms with Gasteiger partial charge in [-0.15, -0.1) is 0 Å². The van der Waals surface area contributed by atoms with Crippen molar-refractivity contribution >= 4 is 0 Å². The van der Waals surface area contributed by atoms with Gasteiger partial charge in [0.15, 0.2) is 5.82 Å². The molecule has 1 aromatic heterocycles. The van der Waals surface area contributed by atoms with Crippen LogP contribution in [0.5, 0.6) is 0 Å². The van der Waals surface area contributed by atoms with Crippen molar-refractivity contribution in [2.75, 3.05) is 6.61 Å². The first kappa shape index (κ1) is 7.70. The number of aromatic nitrogens is 3. The molecule has 2 rings (SSSR count). The molecule has 1 aromatic rings. The van der Waals surface area contributed by atoms with Crippen LogP contribution in [-0.4, -0.2) is 26.9 Å². The summed E-state index contributed by atoms with van der Waals surface area (Å²) in [5, 5.41) is 15.5. The summed E-state index contributed by atoms with van der Waals surface area (Å²) in [5.41, 5.74) is 5.53. The van der Waals surface area contributed by atoms with Crippen molar-refractivity contribution in [2.45, 2.75) is 24.8 Å². The zero-order chi connectivity index (χ0) is 8.55. The molecule has 1 fully saturated rings. The second kappa shape index (κ2) is 2.84. The highest BCUT2D eigenvalue weighted by Crippen LogP contribution is 2.37. The van der Waals surface area contributed by atoms with Gasteiger partial charge in [-0.05, 0) is 12.8 Å². The van der Waals surface area contributed by atoms with E-state index in [1.54, 1.807) is 0 Å². The lowest BCUT2D eigenvalue weighted by atomic mass is 10.3. The van der Waals surface area contributed by atoms with Gasteiger partial charge in [0.1, 0.15) is 5.82 Å². The summed E-state index contributed by atoms with van der Waals surface area (Å²) in [4.78, 5) is 4.19. The second-order valence-corrected chi connectivity index (χ2v) is 3.14. The standard InChI is InChI=1S/C7H12N4O/c8-5(3-12)7-9-6(10-11-7)4-1-2-4/h4-5,12H,1-3,8H2,(H,9,10,11). The zero-order valence-corrected chi connectivity index (χ0v) is 6.70. The van der Waals surface area contributed by atoms with E-state index >= 15 is 0 Å². The van der Waals surface area contributed by atoms with Crippen LogP contribution in [0.2, 0.25) is 0 Å².